The van der Waals surface area contributed by atoms with Crippen molar-refractivity contribution in [1.29, 1.82) is 0 Å². The molecule has 7 aliphatic rings. The topological polar surface area (TPSA) is 597 Å². The van der Waals surface area contributed by atoms with Crippen molar-refractivity contribution in [3.8, 4) is 0 Å². The zero-order valence-corrected chi connectivity index (χ0v) is 62.1. The number of primary amides is 2. The smallest absolute Gasteiger partial charge is 0.474 e. The molecule has 0 radical (unpaired) electrons. The van der Waals surface area contributed by atoms with Gasteiger partial charge in [0.25, 0.3) is 5.91 Å². The van der Waals surface area contributed by atoms with Crippen molar-refractivity contribution >= 4 is 49.3 Å². The molecule has 39 nitrogen and oxygen atoms in total. The Kier molecular flexibility index (Phi) is 32.0. The Bertz CT molecular complexity index is 3380. The number of phosphoric ester groups is 1. The molecule has 6 aliphatic heterocycles. The van der Waals surface area contributed by atoms with Gasteiger partial charge in [0.2, 0.25) is 17.7 Å². The predicted octanol–water partition coefficient (Wildman–Crippen LogP) is -2.05. The monoisotopic (exact) mass is 1570 g/mol. The van der Waals surface area contributed by atoms with Gasteiger partial charge < -0.3 is 145 Å². The van der Waals surface area contributed by atoms with E-state index in [1.165, 1.54) is 11.1 Å². The maximum absolute atomic E-state index is 14.1. The number of aliphatic carboxylic acids is 1. The van der Waals surface area contributed by atoms with Gasteiger partial charge in [-0.1, -0.05) is 73.1 Å². The summed E-state index contributed by atoms with van der Waals surface area (Å²) in [6, 6.07) is -4.08. The van der Waals surface area contributed by atoms with Gasteiger partial charge in [-0.15, -0.1) is 0 Å². The van der Waals surface area contributed by atoms with E-state index in [1.54, 1.807) is 13.0 Å². The highest BCUT2D eigenvalue weighted by Gasteiger charge is 2.63. The molecule has 16 unspecified atom stereocenters. The number of nitrogens with one attached hydrogen (secondary N) is 3. The third-order valence-corrected chi connectivity index (χ3v) is 19.8. The molecular formula is C68H104N5O34P. The number of carbonyl (C=O) groups excluding carboxylic acids is 6. The van der Waals surface area contributed by atoms with E-state index in [2.05, 4.69) is 75.4 Å². The summed E-state index contributed by atoms with van der Waals surface area (Å²) < 4.78 is 95.5. The van der Waals surface area contributed by atoms with E-state index in [4.69, 9.17) is 77.4 Å². The fourth-order valence-electron chi connectivity index (χ4n) is 12.8. The number of carboxylic acids is 1. The number of carboxylic acid groups (broad SMARTS) is 1. The largest absolute Gasteiger partial charge is 0.510 e. The predicted molar refractivity (Wildman–Crippen MR) is 365 cm³/mol. The van der Waals surface area contributed by atoms with Gasteiger partial charge in [0.15, 0.2) is 74.0 Å². The molecule has 6 heterocycles. The molecule has 6 saturated heterocycles. The first-order valence-electron chi connectivity index (χ1n) is 35.0. The van der Waals surface area contributed by atoms with Crippen LogP contribution in [-0.2, 0) is 99.2 Å². The van der Waals surface area contributed by atoms with Crippen molar-refractivity contribution in [1.82, 2.24) is 16.0 Å². The lowest BCUT2D eigenvalue weighted by Crippen LogP contribution is -2.73. The van der Waals surface area contributed by atoms with Crippen LogP contribution in [0.25, 0.3) is 0 Å². The number of fused-ring (bicyclic) bond motifs is 5. The van der Waals surface area contributed by atoms with E-state index >= 15 is 0 Å². The summed E-state index contributed by atoms with van der Waals surface area (Å²) in [5.74, 6) is -7.80. The van der Waals surface area contributed by atoms with Crippen LogP contribution >= 0.6 is 7.82 Å². The van der Waals surface area contributed by atoms with Gasteiger partial charge in [0.1, 0.15) is 102 Å². The number of hydrogen-bond acceptors (Lipinski definition) is 32. The minimum atomic E-state index is -5.83. The average Bonchev–Trinajstić information content (AvgIpc) is 0.775. The minimum Gasteiger partial charge on any atom is -0.510 e. The number of allylic oxidation sites excluding steroid dienone is 10. The highest BCUT2D eigenvalue weighted by atomic mass is 31.2. The maximum atomic E-state index is 14.1. The lowest BCUT2D eigenvalue weighted by Gasteiger charge is -2.53. The van der Waals surface area contributed by atoms with E-state index in [0.29, 0.717) is 12.8 Å². The van der Waals surface area contributed by atoms with Crippen LogP contribution < -0.4 is 27.4 Å². The number of phosphoric acid groups is 1. The molecule has 6 fully saturated rings. The molecular weight excluding hydrogens is 1460 g/mol. The van der Waals surface area contributed by atoms with Crippen LogP contribution in [0, 0.1) is 5.41 Å². The van der Waals surface area contributed by atoms with Crippen LogP contribution in [0.3, 0.4) is 0 Å². The summed E-state index contributed by atoms with van der Waals surface area (Å²) in [4.78, 5) is 102. The van der Waals surface area contributed by atoms with Crippen molar-refractivity contribution < 1.29 is 165 Å². The normalized spacial score (nSPS) is 36.5. The lowest BCUT2D eigenvalue weighted by atomic mass is 9.85. The third-order valence-electron chi connectivity index (χ3n) is 18.9. The number of amides is 5. The van der Waals surface area contributed by atoms with Gasteiger partial charge in [-0.25, -0.2) is 14.2 Å². The number of ketones is 1. The summed E-state index contributed by atoms with van der Waals surface area (Å²) in [6.07, 6.45) is -37.8. The molecule has 0 aromatic heterocycles. The molecule has 7 rings (SSSR count). The van der Waals surface area contributed by atoms with Gasteiger partial charge in [0, 0.05) is 26.7 Å². The molecule has 19 N–H and O–H groups in total. The molecule has 0 saturated carbocycles. The molecule has 40 heteroatoms. The first kappa shape index (κ1) is 89.0. The number of aliphatic hydroxyl groups excluding tert-OH is 9. The maximum Gasteiger partial charge on any atom is 0.474 e. The molecule has 5 amide bonds. The van der Waals surface area contributed by atoms with E-state index in [0.717, 1.165) is 64.0 Å². The molecule has 0 aromatic carbocycles. The number of Topliss-reactive ketones (excluding diaryl/α,β-unsaturated/α-hetero) is 1. The van der Waals surface area contributed by atoms with Crippen LogP contribution in [0.1, 0.15) is 120 Å². The summed E-state index contributed by atoms with van der Waals surface area (Å²) in [7, 11) is -5.83. The summed E-state index contributed by atoms with van der Waals surface area (Å²) in [6.45, 7) is 15.6. The minimum absolute atomic E-state index is 0.142. The standard InChI is InChI=1S/C68H104N5O34P/c1-29(2)14-13-16-30(3)17-18-32(5)21-24-67(8,9)23-12-11-15-31(4)22-25-94-39(59(88)89)28-96-108(92,93)107-65-54(55(105-66(70)90)68(10,91)56(104-65)57(69)86)103-60-41(71-33(6)75)44(80)50-38(98-60)27-95-62-49(85)51(43(79)37(26-74)97-62)100-64-53(45(81)42(72-34(7)76)61(99-50)106-64)102-63-48(84)46(82)47(83)52(101-63)58(87)73-40-35(77)19-20-36(40)78/h12,14,17,22-23,37-39,41-56,60-65,74,77,79-85,91H,5,11,13,15-16,18-21,24-28H2,1-4,6-10H3,(H2,69,86)(H2,70,90)(H,71,75)(H,72,76)(H,73,87)(H,88,89)(H,92,93)/b23-12+,30-17+,31-22-/t37?,38?,39-,41?,42?,43-,44?,45?,46?,47-,48?,49?,50-,51?,52?,53+,54?,55?,56?,60+,61-,62-,63+,64?,65-,68+/m1/s1. The Labute approximate surface area is 621 Å². The van der Waals surface area contributed by atoms with Gasteiger partial charge in [-0.05, 0) is 85.0 Å². The number of aliphatic hydroxyl groups is 10. The van der Waals surface area contributed by atoms with Crippen LogP contribution in [0.15, 0.2) is 70.7 Å². The summed E-state index contributed by atoms with van der Waals surface area (Å²) in [5, 5.41) is 132. The Morgan fingerprint density at radius 1 is 0.731 bits per heavy atom. The fraction of sp³-hybridized carbons (Fsp3) is 0.721. The zero-order valence-electron chi connectivity index (χ0n) is 61.2. The van der Waals surface area contributed by atoms with Crippen LogP contribution in [0.4, 0.5) is 4.79 Å². The SMILES string of the molecule is C=C(C/C=C(\C)CCC=C(C)C)CCC(C)(C)/C=C/CC/C(C)=C\CO[C@H](COP(=O)(O)O[C@H]1OC(C(N)=O)[C@@](C)(O)C(OC(N)=O)C1O[C@@H]1OC2CO[C@@H]3OC(CO)[C@@H](O)C(OC4O[C@@H](O[C@H]2C(O)C1NC(C)=O)C(NC(C)=O)C(O)[C@@H]4O[C@@H]1OC(C(=O)NC2=C(O)CCC2=O)[C@H](O)C(O)C1O)C3O)C(=O)O. The Morgan fingerprint density at radius 3 is 2.00 bits per heavy atom. The van der Waals surface area contributed by atoms with Gasteiger partial charge in [0.05, 0.1) is 26.4 Å². The molecule has 0 spiro atoms. The van der Waals surface area contributed by atoms with Crippen LogP contribution in [0.2, 0.25) is 0 Å². The average molecular weight is 1570 g/mol. The van der Waals surface area contributed by atoms with Crippen molar-refractivity contribution in [2.45, 2.75) is 279 Å². The fourth-order valence-corrected chi connectivity index (χ4v) is 13.6. The van der Waals surface area contributed by atoms with E-state index in [1.807, 2.05) is 6.08 Å². The second kappa shape index (κ2) is 38.9. The van der Waals surface area contributed by atoms with Crippen molar-refractivity contribution in [2.24, 2.45) is 16.9 Å². The number of carbonyl (C=O) groups is 7. The zero-order chi connectivity index (χ0) is 80.2. The van der Waals surface area contributed by atoms with E-state index in [-0.39, 0.29) is 24.9 Å². The highest BCUT2D eigenvalue weighted by Crippen LogP contribution is 2.49. The Hall–Kier alpha value is -6.16. The number of hydrogen-bond donors (Lipinski definition) is 17. The molecule has 108 heavy (non-hydrogen) atoms. The molecule has 1 aliphatic carbocycles. The second-order valence-electron chi connectivity index (χ2n) is 28.6. The second-order valence-corrected chi connectivity index (χ2v) is 30.0. The summed E-state index contributed by atoms with van der Waals surface area (Å²) in [5.41, 5.74) is 12.0. The first-order valence-corrected chi connectivity index (χ1v) is 36.5. The molecule has 610 valence electrons. The van der Waals surface area contributed by atoms with Crippen molar-refractivity contribution in [3.63, 3.8) is 0 Å². The Morgan fingerprint density at radius 2 is 1.38 bits per heavy atom. The Balaban J connectivity index is 1.13. The quantitative estimate of drug-likeness (QED) is 0.0255. The van der Waals surface area contributed by atoms with Crippen molar-refractivity contribution in [2.75, 3.05) is 26.4 Å². The van der Waals surface area contributed by atoms with Gasteiger partial charge in [-0.2, -0.15) is 0 Å². The summed E-state index contributed by atoms with van der Waals surface area (Å²) >= 11 is 0. The number of nitrogens with two attached hydrogens (primary N) is 2. The molecule has 0 aromatic rings. The van der Waals surface area contributed by atoms with Gasteiger partial charge >= 0.3 is 19.9 Å². The van der Waals surface area contributed by atoms with Crippen LogP contribution in [-0.4, -0.2) is 288 Å². The number of ether oxygens (including phenoxy) is 12. The highest BCUT2D eigenvalue weighted by molar-refractivity contribution is 7.47. The lowest BCUT2D eigenvalue weighted by molar-refractivity contribution is -0.415. The van der Waals surface area contributed by atoms with E-state index < -0.39 is 240 Å². The van der Waals surface area contributed by atoms with Crippen LogP contribution in [0.5, 0.6) is 0 Å². The first-order chi connectivity index (χ1) is 50.5. The third kappa shape index (κ3) is 23.5. The molecule has 4 bridgehead atoms. The van der Waals surface area contributed by atoms with Crippen molar-refractivity contribution in [3.05, 3.63) is 70.7 Å². The molecule has 27 atom stereocenters. The van der Waals surface area contributed by atoms with E-state index in [9.17, 15) is 99.2 Å². The van der Waals surface area contributed by atoms with Gasteiger partial charge in [-0.3, -0.25) is 33.0 Å². The number of rotatable bonds is 32.